The summed E-state index contributed by atoms with van der Waals surface area (Å²) in [6.07, 6.45) is 4.45. The molecular weight excluding hydrogens is 250 g/mol. The van der Waals surface area contributed by atoms with Gasteiger partial charge in [0.25, 0.3) is 0 Å². The Bertz CT molecular complexity index is 711. The summed E-state index contributed by atoms with van der Waals surface area (Å²) in [6, 6.07) is 13.6. The number of hydrogen-bond acceptors (Lipinski definition) is 2. The molecule has 0 saturated carbocycles. The second kappa shape index (κ2) is 5.17. The van der Waals surface area contributed by atoms with Crippen LogP contribution in [0.15, 0.2) is 54.9 Å². The van der Waals surface area contributed by atoms with Crippen LogP contribution < -0.4 is 5.32 Å². The monoisotopic (exact) mass is 265 g/mol. The minimum atomic E-state index is 0.0190. The van der Waals surface area contributed by atoms with Crippen LogP contribution in [-0.2, 0) is 4.79 Å². The summed E-state index contributed by atoms with van der Waals surface area (Å²) in [5.74, 6) is 0.0190. The van der Waals surface area contributed by atoms with E-state index in [1.54, 1.807) is 0 Å². The Morgan fingerprint density at radius 2 is 2.00 bits per heavy atom. The lowest BCUT2D eigenvalue weighted by Crippen LogP contribution is -2.08. The Hall–Kier alpha value is -2.62. The van der Waals surface area contributed by atoms with Crippen molar-refractivity contribution in [2.24, 2.45) is 0 Å². The summed E-state index contributed by atoms with van der Waals surface area (Å²) < 4.78 is 1.99. The predicted molar refractivity (Wildman–Crippen MR) is 79.5 cm³/mol. The molecule has 4 nitrogen and oxygen atoms in total. The molecule has 0 atom stereocenters. The van der Waals surface area contributed by atoms with Crippen LogP contribution >= 0.6 is 0 Å². The average Bonchev–Trinajstić information content (AvgIpc) is 2.91. The average molecular weight is 265 g/mol. The van der Waals surface area contributed by atoms with Gasteiger partial charge < -0.3 is 9.72 Å². The summed E-state index contributed by atoms with van der Waals surface area (Å²) in [6.45, 7) is 1.83. The highest BCUT2D eigenvalue weighted by Gasteiger charge is 2.04. The molecule has 0 radical (unpaired) electrons. The molecule has 100 valence electrons. The van der Waals surface area contributed by atoms with Crippen molar-refractivity contribution in [3.05, 3.63) is 54.9 Å². The lowest BCUT2D eigenvalue weighted by atomic mass is 10.1. The fourth-order valence-electron chi connectivity index (χ4n) is 2.05. The summed E-state index contributed by atoms with van der Waals surface area (Å²) in [7, 11) is 0. The number of aromatic nitrogens is 2. The molecule has 0 aliphatic carbocycles. The summed E-state index contributed by atoms with van der Waals surface area (Å²) in [4.78, 5) is 15.9. The number of nitrogens with one attached hydrogen (secondary N) is 1. The molecule has 1 aromatic carbocycles. The number of fused-ring (bicyclic) bond motifs is 1. The Labute approximate surface area is 117 Å². The Morgan fingerprint density at radius 1 is 1.20 bits per heavy atom. The third-order valence-corrected chi connectivity index (χ3v) is 3.15. The largest absolute Gasteiger partial charge is 0.326 e. The first-order chi connectivity index (χ1) is 9.76. The van der Waals surface area contributed by atoms with E-state index >= 15 is 0 Å². The second-order valence-corrected chi connectivity index (χ2v) is 4.57. The van der Waals surface area contributed by atoms with Crippen molar-refractivity contribution < 1.29 is 4.79 Å². The molecule has 3 rings (SSSR count). The number of amides is 1. The number of carbonyl (C=O) groups is 1. The molecule has 0 aliphatic heterocycles. The van der Waals surface area contributed by atoms with Gasteiger partial charge in [0.15, 0.2) is 0 Å². The highest BCUT2D eigenvalue weighted by atomic mass is 16.1. The lowest BCUT2D eigenvalue weighted by Gasteiger charge is -2.03. The Kier molecular flexibility index (Phi) is 3.21. The van der Waals surface area contributed by atoms with Gasteiger partial charge in [-0.05, 0) is 24.3 Å². The minimum absolute atomic E-state index is 0.0190. The van der Waals surface area contributed by atoms with Gasteiger partial charge in [-0.2, -0.15) is 0 Å². The first kappa shape index (κ1) is 12.4. The maximum absolute atomic E-state index is 11.3. The number of pyridine rings is 1. The zero-order chi connectivity index (χ0) is 13.9. The van der Waals surface area contributed by atoms with Gasteiger partial charge in [0, 0.05) is 30.1 Å². The zero-order valence-electron chi connectivity index (χ0n) is 11.2. The van der Waals surface area contributed by atoms with Crippen LogP contribution in [0.5, 0.6) is 0 Å². The Balaban J connectivity index is 1.88. The first-order valence-corrected chi connectivity index (χ1v) is 6.60. The molecule has 4 heteroatoms. The van der Waals surface area contributed by atoms with Gasteiger partial charge in [0.2, 0.25) is 5.91 Å². The number of hydrogen-bond donors (Lipinski definition) is 1. The molecule has 0 saturated heterocycles. The van der Waals surface area contributed by atoms with E-state index in [9.17, 15) is 4.79 Å². The van der Waals surface area contributed by atoms with Gasteiger partial charge in [-0.25, -0.2) is 4.98 Å². The van der Waals surface area contributed by atoms with E-state index in [4.69, 9.17) is 0 Å². The molecule has 0 fully saturated rings. The van der Waals surface area contributed by atoms with E-state index < -0.39 is 0 Å². The molecular formula is C16H15N3O. The van der Waals surface area contributed by atoms with Crippen LogP contribution in [0, 0.1) is 0 Å². The van der Waals surface area contributed by atoms with Crippen molar-refractivity contribution in [2.75, 3.05) is 5.32 Å². The smallest absolute Gasteiger partial charge is 0.224 e. The van der Waals surface area contributed by atoms with E-state index in [2.05, 4.69) is 10.3 Å². The van der Waals surface area contributed by atoms with E-state index in [1.165, 1.54) is 0 Å². The molecule has 1 N–H and O–H groups in total. The van der Waals surface area contributed by atoms with Crippen molar-refractivity contribution in [1.82, 2.24) is 9.38 Å². The molecule has 20 heavy (non-hydrogen) atoms. The zero-order valence-corrected chi connectivity index (χ0v) is 11.2. The van der Waals surface area contributed by atoms with Crippen LogP contribution in [-0.4, -0.2) is 15.3 Å². The predicted octanol–water partition coefficient (Wildman–Crippen LogP) is 3.35. The van der Waals surface area contributed by atoms with Crippen LogP contribution in [0.4, 0.5) is 5.69 Å². The summed E-state index contributed by atoms with van der Waals surface area (Å²) >= 11 is 0. The molecule has 0 spiro atoms. The van der Waals surface area contributed by atoms with Crippen LogP contribution in [0.2, 0.25) is 0 Å². The fourth-order valence-corrected chi connectivity index (χ4v) is 2.05. The topological polar surface area (TPSA) is 46.4 Å². The van der Waals surface area contributed by atoms with Gasteiger partial charge in [0.05, 0.1) is 5.69 Å². The summed E-state index contributed by atoms with van der Waals surface area (Å²) in [5, 5.41) is 2.83. The van der Waals surface area contributed by atoms with Crippen molar-refractivity contribution in [1.29, 1.82) is 0 Å². The molecule has 0 aliphatic rings. The standard InChI is InChI=1S/C16H15N3O/c1-2-16(20)17-13-8-6-12(7-9-13)14-11-19-10-4-3-5-15(19)18-14/h3-11H,2H2,1H3,(H,17,20). The number of anilines is 1. The minimum Gasteiger partial charge on any atom is -0.326 e. The molecule has 1 amide bonds. The highest BCUT2D eigenvalue weighted by Crippen LogP contribution is 2.21. The van der Waals surface area contributed by atoms with Gasteiger partial charge in [-0.1, -0.05) is 25.1 Å². The number of carbonyl (C=O) groups excluding carboxylic acids is 1. The van der Waals surface area contributed by atoms with E-state index in [0.29, 0.717) is 6.42 Å². The van der Waals surface area contributed by atoms with Crippen LogP contribution in [0.3, 0.4) is 0 Å². The highest BCUT2D eigenvalue weighted by molar-refractivity contribution is 5.90. The normalized spacial score (nSPS) is 10.7. The third kappa shape index (κ3) is 2.40. The number of benzene rings is 1. The molecule has 3 aromatic rings. The first-order valence-electron chi connectivity index (χ1n) is 6.60. The van der Waals surface area contributed by atoms with Crippen LogP contribution in [0.25, 0.3) is 16.9 Å². The van der Waals surface area contributed by atoms with Gasteiger partial charge in [-0.15, -0.1) is 0 Å². The van der Waals surface area contributed by atoms with Crippen LogP contribution in [0.1, 0.15) is 13.3 Å². The van der Waals surface area contributed by atoms with Gasteiger partial charge in [-0.3, -0.25) is 4.79 Å². The van der Waals surface area contributed by atoms with Crippen molar-refractivity contribution in [3.8, 4) is 11.3 Å². The maximum atomic E-state index is 11.3. The van der Waals surface area contributed by atoms with E-state index in [0.717, 1.165) is 22.6 Å². The number of rotatable bonds is 3. The number of nitrogens with zero attached hydrogens (tertiary/aromatic N) is 2. The van der Waals surface area contributed by atoms with Crippen molar-refractivity contribution >= 4 is 17.2 Å². The fraction of sp³-hybridized carbons (Fsp3) is 0.125. The van der Waals surface area contributed by atoms with Gasteiger partial charge >= 0.3 is 0 Å². The van der Waals surface area contributed by atoms with E-state index in [1.807, 2.05) is 66.2 Å². The quantitative estimate of drug-likeness (QED) is 0.789. The molecule has 2 aromatic heterocycles. The third-order valence-electron chi connectivity index (χ3n) is 3.15. The van der Waals surface area contributed by atoms with Crippen molar-refractivity contribution in [3.63, 3.8) is 0 Å². The molecule has 0 bridgehead atoms. The molecule has 0 unspecified atom stereocenters. The van der Waals surface area contributed by atoms with Gasteiger partial charge in [0.1, 0.15) is 5.65 Å². The molecule has 2 heterocycles. The number of imidazole rings is 1. The second-order valence-electron chi connectivity index (χ2n) is 4.57. The van der Waals surface area contributed by atoms with E-state index in [-0.39, 0.29) is 5.91 Å². The lowest BCUT2D eigenvalue weighted by molar-refractivity contribution is -0.115. The SMILES string of the molecule is CCC(=O)Nc1ccc(-c2cn3ccccc3n2)cc1. The Morgan fingerprint density at radius 3 is 2.70 bits per heavy atom. The summed E-state index contributed by atoms with van der Waals surface area (Å²) in [5.41, 5.74) is 3.68. The maximum Gasteiger partial charge on any atom is 0.224 e. The van der Waals surface area contributed by atoms with Crippen molar-refractivity contribution in [2.45, 2.75) is 13.3 Å².